The molecule has 0 saturated heterocycles. The Morgan fingerprint density at radius 2 is 1.94 bits per heavy atom. The van der Waals surface area contributed by atoms with E-state index in [9.17, 15) is 9.59 Å². The van der Waals surface area contributed by atoms with Gasteiger partial charge in [0.05, 0.1) is 0 Å². The number of hydrogen-bond donors (Lipinski definition) is 3. The number of hydrogen-bond acceptors (Lipinski definition) is 5. The molecule has 1 atom stereocenters. The van der Waals surface area contributed by atoms with Crippen molar-refractivity contribution in [2.45, 2.75) is 25.9 Å². The molecule has 8 nitrogen and oxygen atoms in total. The van der Waals surface area contributed by atoms with Gasteiger partial charge >= 0.3 is 0 Å². The van der Waals surface area contributed by atoms with Crippen LogP contribution in [0, 0.1) is 6.92 Å². The smallest absolute Gasteiger partial charge is 0.293 e. The standard InChI is InChI=1S/C27H32N6O2/c1-19-14-30-26(31-16-23(17-32(2)3)21-7-5-4-6-8-21)27(35)33(19)18-25(34)29-15-20-9-10-24-22(13-20)11-12-28-24/h4-14,23,28H,15-18H2,1-3H3,(H,29,34)(H,30,31)/t23-/m0/s1. The first-order valence-corrected chi connectivity index (χ1v) is 11.7. The molecule has 0 aliphatic carbocycles. The number of rotatable bonds is 10. The Labute approximate surface area is 205 Å². The van der Waals surface area contributed by atoms with Gasteiger partial charge in [0.1, 0.15) is 6.54 Å². The van der Waals surface area contributed by atoms with Crippen LogP contribution in [0.25, 0.3) is 10.9 Å². The number of likely N-dealkylation sites (N-methyl/N-ethyl adjacent to an activating group) is 1. The fourth-order valence-corrected chi connectivity index (χ4v) is 4.18. The highest BCUT2D eigenvalue weighted by molar-refractivity contribution is 5.80. The fraction of sp³-hybridized carbons (Fsp3) is 0.296. The first-order valence-electron chi connectivity index (χ1n) is 11.7. The Bertz CT molecular complexity index is 1340. The predicted octanol–water partition coefficient (Wildman–Crippen LogP) is 3.11. The van der Waals surface area contributed by atoms with E-state index in [1.165, 1.54) is 10.1 Å². The van der Waals surface area contributed by atoms with Gasteiger partial charge in [-0.3, -0.25) is 14.2 Å². The minimum absolute atomic E-state index is 0.0614. The Kier molecular flexibility index (Phi) is 7.62. The maximum absolute atomic E-state index is 13.1. The SMILES string of the molecule is Cc1cnc(NC[C@@H](CN(C)C)c2ccccc2)c(=O)n1CC(=O)NCc1ccc2[nH]ccc2c1. The van der Waals surface area contributed by atoms with E-state index in [2.05, 4.69) is 37.6 Å². The first kappa shape index (κ1) is 24.2. The average Bonchev–Trinajstić information content (AvgIpc) is 3.32. The second-order valence-corrected chi connectivity index (χ2v) is 9.07. The van der Waals surface area contributed by atoms with Crippen LogP contribution in [0.1, 0.15) is 22.7 Å². The minimum Gasteiger partial charge on any atom is -0.365 e. The van der Waals surface area contributed by atoms with Crippen molar-refractivity contribution in [1.29, 1.82) is 0 Å². The fourth-order valence-electron chi connectivity index (χ4n) is 4.18. The molecule has 0 radical (unpaired) electrons. The van der Waals surface area contributed by atoms with Crippen molar-refractivity contribution in [2.75, 3.05) is 32.5 Å². The molecule has 0 fully saturated rings. The van der Waals surface area contributed by atoms with Crippen LogP contribution in [0.2, 0.25) is 0 Å². The van der Waals surface area contributed by atoms with Gasteiger partial charge in [0.25, 0.3) is 5.56 Å². The van der Waals surface area contributed by atoms with Crippen LogP contribution in [0.3, 0.4) is 0 Å². The molecule has 2 aromatic heterocycles. The largest absolute Gasteiger partial charge is 0.365 e. The molecule has 1 amide bonds. The maximum atomic E-state index is 13.1. The number of anilines is 1. The van der Waals surface area contributed by atoms with Crippen molar-refractivity contribution >= 4 is 22.6 Å². The number of aromatic nitrogens is 3. The highest BCUT2D eigenvalue weighted by atomic mass is 16.2. The van der Waals surface area contributed by atoms with Gasteiger partial charge in [-0.15, -0.1) is 0 Å². The van der Waals surface area contributed by atoms with Crippen molar-refractivity contribution in [3.8, 4) is 0 Å². The number of aromatic amines is 1. The lowest BCUT2D eigenvalue weighted by Crippen LogP contribution is -2.35. The Morgan fingerprint density at radius 1 is 1.14 bits per heavy atom. The van der Waals surface area contributed by atoms with Gasteiger partial charge in [0.15, 0.2) is 5.82 Å². The van der Waals surface area contributed by atoms with Crippen molar-refractivity contribution in [1.82, 2.24) is 24.8 Å². The summed E-state index contributed by atoms with van der Waals surface area (Å²) in [7, 11) is 4.06. The van der Waals surface area contributed by atoms with Gasteiger partial charge in [-0.05, 0) is 55.7 Å². The number of amides is 1. The lowest BCUT2D eigenvalue weighted by molar-refractivity contribution is -0.121. The number of nitrogens with zero attached hydrogens (tertiary/aromatic N) is 3. The summed E-state index contributed by atoms with van der Waals surface area (Å²) in [6, 6.07) is 18.2. The molecule has 0 unspecified atom stereocenters. The summed E-state index contributed by atoms with van der Waals surface area (Å²) in [6.45, 7) is 3.50. The molecule has 182 valence electrons. The van der Waals surface area contributed by atoms with Crippen LogP contribution < -0.4 is 16.2 Å². The molecule has 2 aromatic carbocycles. The maximum Gasteiger partial charge on any atom is 0.293 e. The molecule has 0 saturated carbocycles. The second-order valence-electron chi connectivity index (χ2n) is 9.07. The normalized spacial score (nSPS) is 12.1. The summed E-state index contributed by atoms with van der Waals surface area (Å²) >= 11 is 0. The molecule has 2 heterocycles. The van der Waals surface area contributed by atoms with Crippen LogP contribution in [-0.4, -0.2) is 52.5 Å². The van der Waals surface area contributed by atoms with Gasteiger partial charge < -0.3 is 20.5 Å². The Hall–Kier alpha value is -3.91. The van der Waals surface area contributed by atoms with Gasteiger partial charge in [0.2, 0.25) is 5.91 Å². The van der Waals surface area contributed by atoms with E-state index in [0.717, 1.165) is 23.0 Å². The molecule has 0 aliphatic rings. The number of fused-ring (bicyclic) bond motifs is 1. The third-order valence-electron chi connectivity index (χ3n) is 6.04. The van der Waals surface area contributed by atoms with Gasteiger partial charge in [0, 0.05) is 49.2 Å². The lowest BCUT2D eigenvalue weighted by Gasteiger charge is -2.22. The first-order chi connectivity index (χ1) is 16.9. The number of carbonyl (C=O) groups excluding carboxylic acids is 1. The summed E-state index contributed by atoms with van der Waals surface area (Å²) in [5.41, 5.74) is 3.58. The Morgan fingerprint density at radius 3 is 2.71 bits per heavy atom. The highest BCUT2D eigenvalue weighted by Crippen LogP contribution is 2.17. The number of benzene rings is 2. The number of aryl methyl sites for hydroxylation is 1. The van der Waals surface area contributed by atoms with Gasteiger partial charge in [-0.1, -0.05) is 36.4 Å². The van der Waals surface area contributed by atoms with Crippen molar-refractivity contribution in [3.05, 3.63) is 94.2 Å². The van der Waals surface area contributed by atoms with Gasteiger partial charge in [-0.2, -0.15) is 0 Å². The quantitative estimate of drug-likeness (QED) is 0.330. The van der Waals surface area contributed by atoms with Crippen LogP contribution >= 0.6 is 0 Å². The third-order valence-corrected chi connectivity index (χ3v) is 6.04. The molecule has 3 N–H and O–H groups in total. The topological polar surface area (TPSA) is 95.1 Å². The van der Waals surface area contributed by atoms with E-state index >= 15 is 0 Å². The molecule has 0 spiro atoms. The molecule has 4 rings (SSSR count). The molecule has 0 aliphatic heterocycles. The summed E-state index contributed by atoms with van der Waals surface area (Å²) in [4.78, 5) is 35.4. The zero-order valence-electron chi connectivity index (χ0n) is 20.4. The van der Waals surface area contributed by atoms with Gasteiger partial charge in [-0.25, -0.2) is 4.98 Å². The number of H-pyrrole nitrogens is 1. The summed E-state index contributed by atoms with van der Waals surface area (Å²) in [5.74, 6) is 0.208. The van der Waals surface area contributed by atoms with E-state index in [1.54, 1.807) is 13.1 Å². The zero-order chi connectivity index (χ0) is 24.8. The number of carbonyl (C=O) groups is 1. The summed E-state index contributed by atoms with van der Waals surface area (Å²) in [5, 5.41) is 7.23. The third kappa shape index (κ3) is 6.16. The molecule has 0 bridgehead atoms. The molecule has 8 heteroatoms. The van der Waals surface area contributed by atoms with Crippen LogP contribution in [0.5, 0.6) is 0 Å². The van der Waals surface area contributed by atoms with Crippen LogP contribution in [-0.2, 0) is 17.9 Å². The Balaban J connectivity index is 1.41. The lowest BCUT2D eigenvalue weighted by atomic mass is 9.98. The predicted molar refractivity (Wildman–Crippen MR) is 140 cm³/mol. The van der Waals surface area contributed by atoms with Crippen molar-refractivity contribution in [2.24, 2.45) is 0 Å². The second kappa shape index (κ2) is 11.0. The van der Waals surface area contributed by atoms with E-state index < -0.39 is 0 Å². The molecular weight excluding hydrogens is 440 g/mol. The van der Waals surface area contributed by atoms with Crippen molar-refractivity contribution < 1.29 is 4.79 Å². The van der Waals surface area contributed by atoms with Crippen molar-refractivity contribution in [3.63, 3.8) is 0 Å². The van der Waals surface area contributed by atoms with Crippen LogP contribution in [0.15, 0.2) is 71.8 Å². The average molecular weight is 473 g/mol. The highest BCUT2D eigenvalue weighted by Gasteiger charge is 2.16. The van der Waals surface area contributed by atoms with E-state index in [0.29, 0.717) is 18.8 Å². The van der Waals surface area contributed by atoms with E-state index in [4.69, 9.17) is 0 Å². The van der Waals surface area contributed by atoms with Crippen LogP contribution in [0.4, 0.5) is 5.82 Å². The van der Waals surface area contributed by atoms with E-state index in [1.807, 2.05) is 62.8 Å². The molecular formula is C27H32N6O2. The zero-order valence-corrected chi connectivity index (χ0v) is 20.4. The number of nitrogens with one attached hydrogen (secondary N) is 3. The van der Waals surface area contributed by atoms with E-state index in [-0.39, 0.29) is 29.7 Å². The minimum atomic E-state index is -0.300. The molecule has 35 heavy (non-hydrogen) atoms. The monoisotopic (exact) mass is 472 g/mol. The summed E-state index contributed by atoms with van der Waals surface area (Å²) < 4.78 is 1.46. The summed E-state index contributed by atoms with van der Waals surface area (Å²) in [6.07, 6.45) is 3.51. The molecule has 4 aromatic rings.